The highest BCUT2D eigenvalue weighted by Gasteiger charge is 2.40. The summed E-state index contributed by atoms with van der Waals surface area (Å²) >= 11 is 0. The Morgan fingerprint density at radius 1 is 1.15 bits per heavy atom. The number of carbonyl (C=O) groups is 2. The molecular formula is C25H28F7N7O2. The second-order valence-corrected chi connectivity index (χ2v) is 10.0. The molecule has 1 aliphatic rings. The molecule has 0 aliphatic heterocycles. The molecule has 0 saturated heterocycles. The lowest BCUT2D eigenvalue weighted by Gasteiger charge is -2.33. The lowest BCUT2D eigenvalue weighted by Crippen LogP contribution is -2.39. The van der Waals surface area contributed by atoms with E-state index in [1.54, 1.807) is 18.2 Å². The normalized spacial score (nSPS) is 18.7. The molecule has 0 radical (unpaired) electrons. The monoisotopic (exact) mass is 591 g/mol. The van der Waals surface area contributed by atoms with Crippen LogP contribution in [-0.2, 0) is 11.3 Å². The van der Waals surface area contributed by atoms with E-state index in [2.05, 4.69) is 30.9 Å². The van der Waals surface area contributed by atoms with Crippen molar-refractivity contribution in [2.24, 2.45) is 5.92 Å². The van der Waals surface area contributed by atoms with Gasteiger partial charge in [-0.25, -0.2) is 40.4 Å². The van der Waals surface area contributed by atoms with Crippen molar-refractivity contribution < 1.29 is 40.3 Å². The maximum atomic E-state index is 13.9. The van der Waals surface area contributed by atoms with Crippen LogP contribution in [0, 0.1) is 5.92 Å². The van der Waals surface area contributed by atoms with Crippen LogP contribution >= 0.6 is 0 Å². The molecule has 3 N–H and O–H groups in total. The number of fused-ring (bicyclic) bond motifs is 1. The number of aromatic nitrogens is 5. The molecule has 2 aromatic heterocycles. The first kappa shape index (κ1) is 30.2. The summed E-state index contributed by atoms with van der Waals surface area (Å²) in [6, 6.07) is 2.99. The fraction of sp³-hybridized carbons (Fsp3) is 0.560. The van der Waals surface area contributed by atoms with Crippen molar-refractivity contribution in [3.63, 3.8) is 0 Å². The summed E-state index contributed by atoms with van der Waals surface area (Å²) < 4.78 is 93.8. The number of nitrogens with one attached hydrogen (secondary N) is 3. The molecule has 1 saturated carbocycles. The number of nitrogens with zero attached hydrogens (tertiary/aromatic N) is 4. The summed E-state index contributed by atoms with van der Waals surface area (Å²) in [7, 11) is 0. The summed E-state index contributed by atoms with van der Waals surface area (Å²) in [5.41, 5.74) is 1.06. The number of alkyl halides is 7. The summed E-state index contributed by atoms with van der Waals surface area (Å²) in [6.45, 7) is -1.01. The number of halogens is 7. The third-order valence-electron chi connectivity index (χ3n) is 7.07. The maximum absolute atomic E-state index is 13.9. The van der Waals surface area contributed by atoms with Crippen LogP contribution in [0.15, 0.2) is 24.4 Å². The molecule has 16 heteroatoms. The van der Waals surface area contributed by atoms with Gasteiger partial charge in [-0.2, -0.15) is 0 Å². The summed E-state index contributed by atoms with van der Waals surface area (Å²) in [5.74, 6) is -5.21. The van der Waals surface area contributed by atoms with E-state index in [0.29, 0.717) is 16.6 Å². The van der Waals surface area contributed by atoms with E-state index >= 15 is 0 Å². The van der Waals surface area contributed by atoms with Crippen LogP contribution in [0.3, 0.4) is 0 Å². The van der Waals surface area contributed by atoms with Crippen LogP contribution in [0.2, 0.25) is 0 Å². The first-order valence-corrected chi connectivity index (χ1v) is 12.9. The van der Waals surface area contributed by atoms with E-state index in [9.17, 15) is 40.3 Å². The second kappa shape index (κ2) is 12.4. The Bertz CT molecular complexity index is 1360. The number of imidazole rings is 1. The van der Waals surface area contributed by atoms with Gasteiger partial charge < -0.3 is 15.6 Å². The zero-order valence-electron chi connectivity index (χ0n) is 21.8. The lowest BCUT2D eigenvalue weighted by molar-refractivity contribution is -0.129. The average Bonchev–Trinajstić information content (AvgIpc) is 3.57. The number of aromatic amines is 1. The Morgan fingerprint density at radius 3 is 2.51 bits per heavy atom. The molecule has 4 atom stereocenters. The van der Waals surface area contributed by atoms with Gasteiger partial charge in [0.1, 0.15) is 24.7 Å². The SMILES string of the molecule is C[C@@H](NC(=O)C(F)C(F)CF)c1ccc2nc([C@@H](NC(=O)c3cnnn3CC(F)F)C3CCC(F)(F)CC3)[nH]c2c1. The van der Waals surface area contributed by atoms with Gasteiger partial charge in [0.25, 0.3) is 18.2 Å². The van der Waals surface area contributed by atoms with Crippen molar-refractivity contribution in [1.82, 2.24) is 35.6 Å². The summed E-state index contributed by atoms with van der Waals surface area (Å²) in [6.07, 6.45) is -7.75. The van der Waals surface area contributed by atoms with Gasteiger partial charge in [-0.15, -0.1) is 5.10 Å². The number of carbonyl (C=O) groups excluding carboxylic acids is 2. The standard InChI is InChI=1S/C25H28F7N7O2/c1-12(34-24(41)20(30)15(27)9-26)14-2-3-16-17(8-14)36-22(35-16)21(13-4-6-25(31,32)7-5-13)37-23(40)18-10-33-38-39(18)11-19(28)29/h2-3,8,10,12-13,15,19-21H,4-7,9,11H2,1H3,(H,34,41)(H,35,36)(H,37,40)/t12-,15?,20?,21+/m1/s1. The first-order chi connectivity index (χ1) is 19.4. The number of benzene rings is 1. The molecule has 41 heavy (non-hydrogen) atoms. The lowest BCUT2D eigenvalue weighted by atomic mass is 9.81. The van der Waals surface area contributed by atoms with Crippen molar-refractivity contribution >= 4 is 22.8 Å². The minimum absolute atomic E-state index is 0.0523. The highest BCUT2D eigenvalue weighted by molar-refractivity contribution is 5.92. The van der Waals surface area contributed by atoms with Gasteiger partial charge in [0.05, 0.1) is 29.3 Å². The number of hydrogen-bond donors (Lipinski definition) is 3. The predicted molar refractivity (Wildman–Crippen MR) is 132 cm³/mol. The number of H-pyrrole nitrogens is 1. The van der Waals surface area contributed by atoms with E-state index in [1.165, 1.54) is 6.92 Å². The predicted octanol–water partition coefficient (Wildman–Crippen LogP) is 4.54. The topological polar surface area (TPSA) is 118 Å². The third kappa shape index (κ3) is 7.14. The fourth-order valence-electron chi connectivity index (χ4n) is 4.80. The van der Waals surface area contributed by atoms with E-state index in [0.717, 1.165) is 10.9 Å². The molecule has 1 aromatic carbocycles. The average molecular weight is 592 g/mol. The van der Waals surface area contributed by atoms with Crippen molar-refractivity contribution in [2.75, 3.05) is 6.67 Å². The quantitative estimate of drug-likeness (QED) is 0.283. The molecule has 1 fully saturated rings. The molecule has 9 nitrogen and oxygen atoms in total. The number of hydrogen-bond acceptors (Lipinski definition) is 5. The van der Waals surface area contributed by atoms with Crippen LogP contribution in [0.1, 0.15) is 66.6 Å². The van der Waals surface area contributed by atoms with Gasteiger partial charge in [-0.05, 0) is 43.4 Å². The number of rotatable bonds is 11. The molecule has 224 valence electrons. The fourth-order valence-corrected chi connectivity index (χ4v) is 4.80. The van der Waals surface area contributed by atoms with E-state index in [4.69, 9.17) is 0 Å². The van der Waals surface area contributed by atoms with Gasteiger partial charge in [-0.3, -0.25) is 9.59 Å². The Kier molecular flexibility index (Phi) is 9.17. The van der Waals surface area contributed by atoms with Gasteiger partial charge in [-0.1, -0.05) is 11.3 Å². The Labute approximate surface area is 229 Å². The highest BCUT2D eigenvalue weighted by atomic mass is 19.3. The van der Waals surface area contributed by atoms with Crippen LogP contribution in [0.25, 0.3) is 11.0 Å². The molecular weight excluding hydrogens is 563 g/mol. The maximum Gasteiger partial charge on any atom is 0.271 e. The largest absolute Gasteiger partial charge is 0.347 e. The van der Waals surface area contributed by atoms with E-state index in [-0.39, 0.29) is 24.4 Å². The van der Waals surface area contributed by atoms with Crippen LogP contribution < -0.4 is 10.6 Å². The van der Waals surface area contributed by atoms with Crippen molar-refractivity contribution in [3.05, 3.63) is 41.5 Å². The molecule has 4 rings (SSSR count). The zero-order valence-corrected chi connectivity index (χ0v) is 21.8. The molecule has 2 unspecified atom stereocenters. The minimum atomic E-state index is -2.85. The van der Waals surface area contributed by atoms with Gasteiger partial charge >= 0.3 is 0 Å². The van der Waals surface area contributed by atoms with E-state index in [1.807, 2.05) is 0 Å². The highest BCUT2D eigenvalue weighted by Crippen LogP contribution is 2.41. The third-order valence-corrected chi connectivity index (χ3v) is 7.07. The zero-order chi connectivity index (χ0) is 29.9. The molecule has 3 aromatic rings. The Hall–Kier alpha value is -3.72. The molecule has 2 heterocycles. The van der Waals surface area contributed by atoms with Gasteiger partial charge in [0, 0.05) is 12.8 Å². The second-order valence-electron chi connectivity index (χ2n) is 10.0. The van der Waals surface area contributed by atoms with Crippen LogP contribution in [-0.4, -0.2) is 68.1 Å². The molecule has 1 aliphatic carbocycles. The smallest absolute Gasteiger partial charge is 0.271 e. The van der Waals surface area contributed by atoms with Crippen molar-refractivity contribution in [3.8, 4) is 0 Å². The Morgan fingerprint density at radius 2 is 1.85 bits per heavy atom. The van der Waals surface area contributed by atoms with Crippen LogP contribution in [0.4, 0.5) is 30.7 Å². The summed E-state index contributed by atoms with van der Waals surface area (Å²) in [5, 5.41) is 12.0. The minimum Gasteiger partial charge on any atom is -0.347 e. The summed E-state index contributed by atoms with van der Waals surface area (Å²) in [4.78, 5) is 32.6. The van der Waals surface area contributed by atoms with Gasteiger partial charge in [0.15, 0.2) is 6.17 Å². The molecule has 2 amide bonds. The number of amides is 2. The van der Waals surface area contributed by atoms with E-state index < -0.39 is 80.6 Å². The molecule has 0 spiro atoms. The Balaban J connectivity index is 1.59. The first-order valence-electron chi connectivity index (χ1n) is 12.9. The van der Waals surface area contributed by atoms with Crippen LogP contribution in [0.5, 0.6) is 0 Å². The van der Waals surface area contributed by atoms with Crippen molar-refractivity contribution in [2.45, 2.75) is 75.9 Å². The van der Waals surface area contributed by atoms with Gasteiger partial charge in [0.2, 0.25) is 12.1 Å². The molecule has 0 bridgehead atoms. The van der Waals surface area contributed by atoms with Crippen molar-refractivity contribution in [1.29, 1.82) is 0 Å².